The molecule has 1 saturated heterocycles. The Hall–Kier alpha value is -0.720. The lowest BCUT2D eigenvalue weighted by Gasteiger charge is -2.15. The molecule has 1 aromatic heterocycles. The van der Waals surface area contributed by atoms with Gasteiger partial charge in [-0.25, -0.2) is 8.78 Å². The number of nitrogens with two attached hydrogens (primary N) is 1. The third-order valence-corrected chi connectivity index (χ3v) is 5.47. The molecule has 2 N–H and O–H groups in total. The van der Waals surface area contributed by atoms with Crippen LogP contribution in [0.15, 0.2) is 6.07 Å². The summed E-state index contributed by atoms with van der Waals surface area (Å²) < 4.78 is 27.1. The molecule has 104 valence electrons. The van der Waals surface area contributed by atoms with Crippen molar-refractivity contribution < 1.29 is 13.6 Å². The van der Waals surface area contributed by atoms with Gasteiger partial charge in [0.25, 0.3) is 11.8 Å². The van der Waals surface area contributed by atoms with Crippen molar-refractivity contribution in [1.82, 2.24) is 4.90 Å². The smallest absolute Gasteiger partial charge is 0.264 e. The van der Waals surface area contributed by atoms with E-state index in [1.54, 1.807) is 6.07 Å². The van der Waals surface area contributed by atoms with Crippen molar-refractivity contribution in [3.05, 3.63) is 20.8 Å². The topological polar surface area (TPSA) is 46.3 Å². The summed E-state index contributed by atoms with van der Waals surface area (Å²) in [5, 5.41) is 0. The molecule has 1 saturated carbocycles. The lowest BCUT2D eigenvalue weighted by molar-refractivity contribution is 0.0620. The van der Waals surface area contributed by atoms with E-state index in [4.69, 9.17) is 17.3 Å². The van der Waals surface area contributed by atoms with Crippen LogP contribution < -0.4 is 5.73 Å². The fourth-order valence-electron chi connectivity index (χ4n) is 2.68. The van der Waals surface area contributed by atoms with Gasteiger partial charge in [-0.05, 0) is 18.1 Å². The molecule has 2 fully saturated rings. The number of likely N-dealkylation sites (tertiary alicyclic amines) is 1. The number of carbonyl (C=O) groups is 1. The number of amides is 1. The maximum atomic E-state index is 13.3. The Kier molecular flexibility index (Phi) is 2.89. The average Bonchev–Trinajstić information content (AvgIpc) is 2.76. The Balaban J connectivity index is 1.75. The normalized spacial score (nSPS) is 28.1. The van der Waals surface area contributed by atoms with Gasteiger partial charge in [-0.2, -0.15) is 0 Å². The molecule has 1 spiro atoms. The number of thiophene rings is 1. The monoisotopic (exact) mass is 306 g/mol. The number of nitrogens with zero attached hydrogens (tertiary/aromatic N) is 1. The first-order valence-corrected chi connectivity index (χ1v) is 7.23. The molecular weight excluding hydrogens is 294 g/mol. The first-order valence-electron chi connectivity index (χ1n) is 6.04. The molecule has 0 radical (unpaired) electrons. The van der Waals surface area contributed by atoms with Gasteiger partial charge in [0.1, 0.15) is 0 Å². The highest BCUT2D eigenvalue weighted by Gasteiger charge is 2.73. The highest BCUT2D eigenvalue weighted by molar-refractivity contribution is 7.18. The Labute approximate surface area is 118 Å². The predicted molar refractivity (Wildman–Crippen MR) is 69.7 cm³/mol. The van der Waals surface area contributed by atoms with Crippen molar-refractivity contribution >= 4 is 28.8 Å². The van der Waals surface area contributed by atoms with E-state index in [-0.39, 0.29) is 25.4 Å². The second-order valence-corrected chi connectivity index (χ2v) is 6.91. The van der Waals surface area contributed by atoms with Crippen LogP contribution in [0.1, 0.15) is 28.1 Å². The molecule has 7 heteroatoms. The highest BCUT2D eigenvalue weighted by atomic mass is 35.5. The van der Waals surface area contributed by atoms with E-state index in [0.717, 1.165) is 16.9 Å². The van der Waals surface area contributed by atoms with Crippen LogP contribution in [0.25, 0.3) is 0 Å². The molecule has 0 aromatic carbocycles. The number of halogens is 3. The van der Waals surface area contributed by atoms with Crippen LogP contribution in [0.2, 0.25) is 4.34 Å². The van der Waals surface area contributed by atoms with E-state index in [2.05, 4.69) is 0 Å². The van der Waals surface area contributed by atoms with E-state index in [0.29, 0.717) is 22.2 Å². The van der Waals surface area contributed by atoms with Crippen LogP contribution in [0, 0.1) is 5.41 Å². The molecular formula is C12H13ClF2N2OS. The molecule has 1 amide bonds. The van der Waals surface area contributed by atoms with Gasteiger partial charge < -0.3 is 10.6 Å². The van der Waals surface area contributed by atoms with Gasteiger partial charge in [-0.3, -0.25) is 4.79 Å². The van der Waals surface area contributed by atoms with E-state index in [1.165, 1.54) is 4.90 Å². The molecule has 2 aliphatic rings. The fraction of sp³-hybridized carbons (Fsp3) is 0.583. The maximum absolute atomic E-state index is 13.3. The molecule has 1 aliphatic carbocycles. The standard InChI is InChI=1S/C12H13ClF2N2OS/c13-9-7(4-16)3-8(19-9)10(18)17-2-1-11(6-17)5-12(11,14)15/h3H,1-2,4-6,16H2. The first-order chi connectivity index (χ1) is 8.88. The van der Waals surface area contributed by atoms with Gasteiger partial charge in [0.2, 0.25) is 0 Å². The van der Waals surface area contributed by atoms with Crippen molar-refractivity contribution in [1.29, 1.82) is 0 Å². The van der Waals surface area contributed by atoms with Crippen molar-refractivity contribution in [2.75, 3.05) is 13.1 Å². The summed E-state index contributed by atoms with van der Waals surface area (Å²) >= 11 is 7.12. The molecule has 3 rings (SSSR count). The third-order valence-electron chi connectivity index (χ3n) is 4.04. The molecule has 0 bridgehead atoms. The van der Waals surface area contributed by atoms with E-state index in [1.807, 2.05) is 0 Å². The van der Waals surface area contributed by atoms with Gasteiger partial charge in [-0.15, -0.1) is 11.3 Å². The van der Waals surface area contributed by atoms with Crippen LogP contribution in [-0.2, 0) is 6.54 Å². The van der Waals surface area contributed by atoms with Gasteiger partial charge in [0, 0.05) is 26.1 Å². The molecule has 1 aromatic rings. The van der Waals surface area contributed by atoms with E-state index >= 15 is 0 Å². The summed E-state index contributed by atoms with van der Waals surface area (Å²) in [6.45, 7) is 0.804. The quantitative estimate of drug-likeness (QED) is 0.913. The number of hydrogen-bond donors (Lipinski definition) is 1. The zero-order valence-corrected chi connectivity index (χ0v) is 11.7. The second kappa shape index (κ2) is 4.14. The maximum Gasteiger partial charge on any atom is 0.264 e. The van der Waals surface area contributed by atoms with Crippen LogP contribution in [-0.4, -0.2) is 29.8 Å². The number of carbonyl (C=O) groups excluding carboxylic acids is 1. The Bertz CT molecular complexity index is 548. The number of hydrogen-bond acceptors (Lipinski definition) is 3. The Morgan fingerprint density at radius 3 is 2.74 bits per heavy atom. The van der Waals surface area contributed by atoms with Gasteiger partial charge >= 0.3 is 0 Å². The lowest BCUT2D eigenvalue weighted by atomic mass is 10.1. The van der Waals surface area contributed by atoms with Crippen LogP contribution in [0.4, 0.5) is 8.78 Å². The third kappa shape index (κ3) is 1.97. The lowest BCUT2D eigenvalue weighted by Crippen LogP contribution is -2.29. The van der Waals surface area contributed by atoms with Gasteiger partial charge in [-0.1, -0.05) is 11.6 Å². The van der Waals surface area contributed by atoms with Crippen molar-refractivity contribution in [3.63, 3.8) is 0 Å². The second-order valence-electron chi connectivity index (χ2n) is 5.25. The fourth-order valence-corrected chi connectivity index (χ4v) is 3.94. The summed E-state index contributed by atoms with van der Waals surface area (Å²) in [5.74, 6) is -2.82. The minimum absolute atomic E-state index is 0.0942. The van der Waals surface area contributed by atoms with Crippen molar-refractivity contribution in [2.24, 2.45) is 11.1 Å². The summed E-state index contributed by atoms with van der Waals surface area (Å²) in [5.41, 5.74) is 5.27. The van der Waals surface area contributed by atoms with E-state index < -0.39 is 11.3 Å². The molecule has 1 unspecified atom stereocenters. The Morgan fingerprint density at radius 1 is 1.58 bits per heavy atom. The van der Waals surface area contributed by atoms with Gasteiger partial charge in [0.15, 0.2) is 0 Å². The van der Waals surface area contributed by atoms with E-state index in [9.17, 15) is 13.6 Å². The zero-order chi connectivity index (χ0) is 13.8. The first kappa shape index (κ1) is 13.3. The molecule has 3 nitrogen and oxygen atoms in total. The van der Waals surface area contributed by atoms with Crippen molar-refractivity contribution in [2.45, 2.75) is 25.3 Å². The summed E-state index contributed by atoms with van der Waals surface area (Å²) in [6, 6.07) is 1.66. The van der Waals surface area contributed by atoms with Crippen LogP contribution in [0.5, 0.6) is 0 Å². The van der Waals surface area contributed by atoms with Crippen molar-refractivity contribution in [3.8, 4) is 0 Å². The SMILES string of the molecule is NCc1cc(C(=O)N2CCC3(C2)CC3(F)F)sc1Cl. The zero-order valence-electron chi connectivity index (χ0n) is 10.1. The minimum atomic E-state index is -2.60. The molecule has 1 aliphatic heterocycles. The van der Waals surface area contributed by atoms with Gasteiger partial charge in [0.05, 0.1) is 14.6 Å². The predicted octanol–water partition coefficient (Wildman–Crippen LogP) is 2.73. The summed E-state index contributed by atoms with van der Waals surface area (Å²) in [6.07, 6.45) is 0.289. The summed E-state index contributed by atoms with van der Waals surface area (Å²) in [4.78, 5) is 14.2. The van der Waals surface area contributed by atoms with Crippen LogP contribution >= 0.6 is 22.9 Å². The summed E-state index contributed by atoms with van der Waals surface area (Å²) in [7, 11) is 0. The average molecular weight is 307 g/mol. The molecule has 19 heavy (non-hydrogen) atoms. The largest absolute Gasteiger partial charge is 0.337 e. The van der Waals surface area contributed by atoms with Crippen LogP contribution in [0.3, 0.4) is 0 Å². The molecule has 1 atom stereocenters. The Morgan fingerprint density at radius 2 is 2.26 bits per heavy atom. The minimum Gasteiger partial charge on any atom is -0.337 e. The highest BCUT2D eigenvalue weighted by Crippen LogP contribution is 2.65. The number of rotatable bonds is 2. The molecule has 2 heterocycles. The number of alkyl halides is 2.